The standard InChI is InChI=1S/C19H16N4O5S/c1-9-13-8-14(29-18(13)22(3)21-9)15(24)20-10(2)19(27)28-23-16(25)11-6-4-5-7-12(11)17(23)26/h4-8,10H,1-3H3,(H,20,24). The Morgan fingerprint density at radius 2 is 1.79 bits per heavy atom. The second-order valence-electron chi connectivity index (χ2n) is 6.59. The molecule has 9 nitrogen and oxygen atoms in total. The Hall–Kier alpha value is -3.53. The smallest absolute Gasteiger partial charge is 0.338 e. The predicted octanol–water partition coefficient (Wildman–Crippen LogP) is 1.82. The lowest BCUT2D eigenvalue weighted by Crippen LogP contribution is -2.43. The maximum absolute atomic E-state index is 12.5. The number of hydroxylamine groups is 2. The third-order valence-electron chi connectivity index (χ3n) is 4.56. The molecule has 1 atom stereocenters. The van der Waals surface area contributed by atoms with Crippen LogP contribution < -0.4 is 5.32 Å². The van der Waals surface area contributed by atoms with Gasteiger partial charge in [-0.15, -0.1) is 11.3 Å². The number of nitrogens with zero attached hydrogens (tertiary/aromatic N) is 3. The summed E-state index contributed by atoms with van der Waals surface area (Å²) in [6, 6.07) is 6.82. The minimum Gasteiger partial charge on any atom is -0.338 e. The number of hydrogen-bond donors (Lipinski definition) is 1. The van der Waals surface area contributed by atoms with E-state index in [2.05, 4.69) is 10.4 Å². The molecule has 0 fully saturated rings. The van der Waals surface area contributed by atoms with E-state index in [4.69, 9.17) is 4.84 Å². The molecule has 3 aromatic rings. The molecule has 148 valence electrons. The van der Waals surface area contributed by atoms with Gasteiger partial charge in [-0.05, 0) is 32.0 Å². The van der Waals surface area contributed by atoms with E-state index in [1.807, 2.05) is 6.92 Å². The molecular formula is C19H16N4O5S. The van der Waals surface area contributed by atoms with Crippen molar-refractivity contribution in [3.05, 3.63) is 52.0 Å². The van der Waals surface area contributed by atoms with E-state index in [1.165, 1.54) is 30.4 Å². The summed E-state index contributed by atoms with van der Waals surface area (Å²) in [6.07, 6.45) is 0. The van der Waals surface area contributed by atoms with Gasteiger partial charge in [0.05, 0.1) is 21.7 Å². The zero-order valence-electron chi connectivity index (χ0n) is 15.8. The molecule has 0 bridgehead atoms. The topological polar surface area (TPSA) is 111 Å². The van der Waals surface area contributed by atoms with E-state index in [-0.39, 0.29) is 11.1 Å². The predicted molar refractivity (Wildman–Crippen MR) is 103 cm³/mol. The van der Waals surface area contributed by atoms with Crippen LogP contribution in [0.1, 0.15) is 43.0 Å². The molecule has 0 aliphatic carbocycles. The second kappa shape index (κ2) is 6.82. The summed E-state index contributed by atoms with van der Waals surface area (Å²) in [5, 5.41) is 8.09. The van der Waals surface area contributed by atoms with Crippen LogP contribution in [-0.2, 0) is 16.7 Å². The van der Waals surface area contributed by atoms with Gasteiger partial charge < -0.3 is 10.2 Å². The number of benzene rings is 1. The van der Waals surface area contributed by atoms with Gasteiger partial charge in [0.15, 0.2) is 0 Å². The van der Waals surface area contributed by atoms with Gasteiger partial charge in [-0.1, -0.05) is 17.2 Å². The van der Waals surface area contributed by atoms with Crippen molar-refractivity contribution in [2.24, 2.45) is 7.05 Å². The van der Waals surface area contributed by atoms with Gasteiger partial charge in [0.1, 0.15) is 10.9 Å². The molecule has 1 N–H and O–H groups in total. The summed E-state index contributed by atoms with van der Waals surface area (Å²) in [7, 11) is 1.79. The van der Waals surface area contributed by atoms with Crippen LogP contribution >= 0.6 is 11.3 Å². The quantitative estimate of drug-likeness (QED) is 0.655. The van der Waals surface area contributed by atoms with Gasteiger partial charge in [0, 0.05) is 12.4 Å². The van der Waals surface area contributed by atoms with Crippen LogP contribution in [0.3, 0.4) is 0 Å². The van der Waals surface area contributed by atoms with E-state index in [9.17, 15) is 19.2 Å². The lowest BCUT2D eigenvalue weighted by Gasteiger charge is -2.17. The fourth-order valence-electron chi connectivity index (χ4n) is 3.06. The maximum Gasteiger partial charge on any atom is 0.354 e. The Morgan fingerprint density at radius 3 is 2.38 bits per heavy atom. The SMILES string of the molecule is Cc1nn(C)c2sc(C(=O)NC(C)C(=O)ON3C(=O)c4ccccc4C3=O)cc12. The number of aromatic nitrogens is 2. The van der Waals surface area contributed by atoms with Crippen molar-refractivity contribution in [1.29, 1.82) is 0 Å². The summed E-state index contributed by atoms with van der Waals surface area (Å²) >= 11 is 1.25. The highest BCUT2D eigenvalue weighted by atomic mass is 32.1. The number of carbonyl (C=O) groups excluding carboxylic acids is 4. The second-order valence-corrected chi connectivity index (χ2v) is 7.62. The minimum absolute atomic E-state index is 0.163. The molecule has 0 saturated carbocycles. The Balaban J connectivity index is 1.44. The van der Waals surface area contributed by atoms with Crippen molar-refractivity contribution in [3.63, 3.8) is 0 Å². The van der Waals surface area contributed by atoms with Crippen LogP contribution in [0.25, 0.3) is 10.2 Å². The first-order valence-corrected chi connectivity index (χ1v) is 9.53. The molecule has 0 saturated heterocycles. The molecule has 1 aliphatic heterocycles. The van der Waals surface area contributed by atoms with Crippen LogP contribution in [-0.4, -0.2) is 44.6 Å². The summed E-state index contributed by atoms with van der Waals surface area (Å²) in [4.78, 5) is 55.6. The largest absolute Gasteiger partial charge is 0.354 e. The van der Waals surface area contributed by atoms with Gasteiger partial charge in [0.2, 0.25) is 0 Å². The molecule has 2 aromatic heterocycles. The van der Waals surface area contributed by atoms with E-state index >= 15 is 0 Å². The molecule has 3 heterocycles. The lowest BCUT2D eigenvalue weighted by atomic mass is 10.1. The van der Waals surface area contributed by atoms with Crippen molar-refractivity contribution < 1.29 is 24.0 Å². The Bertz CT molecular complexity index is 1130. The number of imide groups is 1. The average Bonchev–Trinajstić information content (AvgIpc) is 3.32. The van der Waals surface area contributed by atoms with E-state index in [0.717, 1.165) is 15.9 Å². The Kier molecular flexibility index (Phi) is 4.42. The molecule has 1 unspecified atom stereocenters. The molecule has 29 heavy (non-hydrogen) atoms. The number of amides is 3. The summed E-state index contributed by atoms with van der Waals surface area (Å²) in [5.74, 6) is -2.82. The van der Waals surface area contributed by atoms with Crippen molar-refractivity contribution in [2.45, 2.75) is 19.9 Å². The van der Waals surface area contributed by atoms with Gasteiger partial charge in [0.25, 0.3) is 17.7 Å². The van der Waals surface area contributed by atoms with E-state index in [0.29, 0.717) is 9.94 Å². The van der Waals surface area contributed by atoms with Crippen LogP contribution in [0.15, 0.2) is 30.3 Å². The molecule has 0 radical (unpaired) electrons. The van der Waals surface area contributed by atoms with Crippen molar-refractivity contribution in [3.8, 4) is 0 Å². The average molecular weight is 412 g/mol. The van der Waals surface area contributed by atoms with Crippen LogP contribution in [0.2, 0.25) is 0 Å². The van der Waals surface area contributed by atoms with Crippen molar-refractivity contribution in [1.82, 2.24) is 20.2 Å². The Labute approximate surface area is 168 Å². The number of thiophene rings is 1. The fraction of sp³-hybridized carbons (Fsp3) is 0.211. The van der Waals surface area contributed by atoms with Gasteiger partial charge in [-0.3, -0.25) is 19.1 Å². The van der Waals surface area contributed by atoms with Gasteiger partial charge in [-0.2, -0.15) is 5.10 Å². The number of nitrogens with one attached hydrogen (secondary N) is 1. The Morgan fingerprint density at radius 1 is 1.17 bits per heavy atom. The molecule has 1 aromatic carbocycles. The third kappa shape index (κ3) is 3.07. The highest BCUT2D eigenvalue weighted by Crippen LogP contribution is 2.27. The number of aryl methyl sites for hydroxylation is 2. The highest BCUT2D eigenvalue weighted by molar-refractivity contribution is 7.20. The lowest BCUT2D eigenvalue weighted by molar-refractivity contribution is -0.170. The maximum atomic E-state index is 12.5. The molecule has 3 amide bonds. The first-order valence-electron chi connectivity index (χ1n) is 8.71. The van der Waals surface area contributed by atoms with Gasteiger partial charge >= 0.3 is 5.97 Å². The van der Waals surface area contributed by atoms with Crippen LogP contribution in [0.4, 0.5) is 0 Å². The zero-order chi connectivity index (χ0) is 20.9. The van der Waals surface area contributed by atoms with E-state index in [1.54, 1.807) is 29.9 Å². The molecular weight excluding hydrogens is 396 g/mol. The van der Waals surface area contributed by atoms with E-state index < -0.39 is 29.7 Å². The molecule has 1 aliphatic rings. The number of fused-ring (bicyclic) bond motifs is 2. The van der Waals surface area contributed by atoms with Crippen molar-refractivity contribution in [2.75, 3.05) is 0 Å². The minimum atomic E-state index is -1.07. The molecule has 0 spiro atoms. The number of rotatable bonds is 4. The highest BCUT2D eigenvalue weighted by Gasteiger charge is 2.39. The zero-order valence-corrected chi connectivity index (χ0v) is 16.6. The summed E-state index contributed by atoms with van der Waals surface area (Å²) in [6.45, 7) is 3.26. The first kappa shape index (κ1) is 18.8. The van der Waals surface area contributed by atoms with Gasteiger partial charge in [-0.25, -0.2) is 4.79 Å². The first-order chi connectivity index (χ1) is 13.8. The summed E-state index contributed by atoms with van der Waals surface area (Å²) in [5.41, 5.74) is 1.13. The molecule has 4 rings (SSSR count). The van der Waals surface area contributed by atoms with Crippen LogP contribution in [0, 0.1) is 6.92 Å². The third-order valence-corrected chi connectivity index (χ3v) is 5.76. The number of carbonyl (C=O) groups is 4. The molecule has 10 heteroatoms. The summed E-state index contributed by atoms with van der Waals surface area (Å²) < 4.78 is 1.69. The number of hydrogen-bond acceptors (Lipinski definition) is 7. The van der Waals surface area contributed by atoms with Crippen LogP contribution in [0.5, 0.6) is 0 Å². The fourth-order valence-corrected chi connectivity index (χ4v) is 4.09. The van der Waals surface area contributed by atoms with Crippen molar-refractivity contribution >= 4 is 45.2 Å². The normalized spacial score (nSPS) is 14.2. The monoisotopic (exact) mass is 412 g/mol.